The highest BCUT2D eigenvalue weighted by Crippen LogP contribution is 2.32. The van der Waals surface area contributed by atoms with Crippen LogP contribution in [0.5, 0.6) is 0 Å². The third-order valence-electron chi connectivity index (χ3n) is 3.88. The van der Waals surface area contributed by atoms with E-state index >= 15 is 0 Å². The minimum atomic E-state index is -0.591. The normalized spacial score (nSPS) is 17.8. The van der Waals surface area contributed by atoms with Crippen LogP contribution >= 0.6 is 23.4 Å². The zero-order valence-corrected chi connectivity index (χ0v) is 16.3. The van der Waals surface area contributed by atoms with Crippen LogP contribution in [0.1, 0.15) is 6.42 Å². The first-order valence-electron chi connectivity index (χ1n) is 8.45. The van der Waals surface area contributed by atoms with E-state index in [-0.39, 0.29) is 30.6 Å². The molecule has 0 spiro atoms. The number of carbonyl (C=O) groups is 2. The van der Waals surface area contributed by atoms with Gasteiger partial charge in [0.1, 0.15) is 11.1 Å². The largest absolute Gasteiger partial charge is 0.326 e. The molecule has 2 aromatic rings. The van der Waals surface area contributed by atoms with Crippen molar-refractivity contribution in [3.8, 4) is 0 Å². The van der Waals surface area contributed by atoms with Crippen LogP contribution in [-0.4, -0.2) is 33.7 Å². The summed E-state index contributed by atoms with van der Waals surface area (Å²) in [5.41, 5.74) is 1.13. The molecular formula is C20H17ClFN3O2S. The van der Waals surface area contributed by atoms with E-state index in [4.69, 9.17) is 11.6 Å². The van der Waals surface area contributed by atoms with Crippen LogP contribution in [-0.2, 0) is 9.59 Å². The monoisotopic (exact) mass is 417 g/mol. The van der Waals surface area contributed by atoms with Gasteiger partial charge >= 0.3 is 0 Å². The number of benzene rings is 2. The predicted octanol–water partition coefficient (Wildman–Crippen LogP) is 4.63. The third kappa shape index (κ3) is 4.99. The summed E-state index contributed by atoms with van der Waals surface area (Å²) in [5, 5.41) is 3.19. The molecular weight excluding hydrogens is 401 g/mol. The Hall–Kier alpha value is -2.64. The third-order valence-corrected chi connectivity index (χ3v) is 5.31. The SMILES string of the molecule is C=CCN1C(=O)C(CC(=O)Nc2ccc(Cl)cc2)SC1=Nc1ccc(F)cc1. The minimum absolute atomic E-state index is 0.00219. The van der Waals surface area contributed by atoms with Crippen LogP contribution in [0.25, 0.3) is 0 Å². The molecule has 28 heavy (non-hydrogen) atoms. The van der Waals surface area contributed by atoms with Crippen LogP contribution in [0.4, 0.5) is 15.8 Å². The summed E-state index contributed by atoms with van der Waals surface area (Å²) < 4.78 is 13.1. The topological polar surface area (TPSA) is 61.8 Å². The van der Waals surface area contributed by atoms with Crippen molar-refractivity contribution < 1.29 is 14.0 Å². The number of thioether (sulfide) groups is 1. The number of amidine groups is 1. The zero-order valence-electron chi connectivity index (χ0n) is 14.8. The summed E-state index contributed by atoms with van der Waals surface area (Å²) in [6.07, 6.45) is 1.59. The number of carbonyl (C=O) groups excluding carboxylic acids is 2. The molecule has 0 aliphatic carbocycles. The summed E-state index contributed by atoms with van der Waals surface area (Å²) in [6, 6.07) is 12.4. The van der Waals surface area contributed by atoms with Crippen LogP contribution in [0, 0.1) is 5.82 Å². The van der Waals surface area contributed by atoms with Crippen LogP contribution in [0.2, 0.25) is 5.02 Å². The molecule has 1 aliphatic heterocycles. The van der Waals surface area contributed by atoms with Gasteiger partial charge in [-0.05, 0) is 48.5 Å². The number of amides is 2. The Labute approximate surface area is 171 Å². The lowest BCUT2D eigenvalue weighted by atomic mass is 10.2. The number of rotatable bonds is 6. The van der Waals surface area contributed by atoms with Gasteiger partial charge < -0.3 is 5.32 Å². The number of aliphatic imine (C=N–C) groups is 1. The maximum absolute atomic E-state index is 13.1. The van der Waals surface area contributed by atoms with E-state index in [1.54, 1.807) is 30.3 Å². The van der Waals surface area contributed by atoms with Crippen molar-refractivity contribution in [2.75, 3.05) is 11.9 Å². The van der Waals surface area contributed by atoms with Gasteiger partial charge in [0, 0.05) is 23.7 Å². The summed E-state index contributed by atoms with van der Waals surface area (Å²) in [7, 11) is 0. The summed E-state index contributed by atoms with van der Waals surface area (Å²) >= 11 is 7.04. The molecule has 2 aromatic carbocycles. The van der Waals surface area contributed by atoms with Gasteiger partial charge in [0.05, 0.1) is 5.69 Å². The highest BCUT2D eigenvalue weighted by Gasteiger charge is 2.38. The second-order valence-electron chi connectivity index (χ2n) is 5.97. The van der Waals surface area contributed by atoms with Crippen LogP contribution < -0.4 is 5.32 Å². The molecule has 144 valence electrons. The van der Waals surface area contributed by atoms with Crippen molar-refractivity contribution in [1.82, 2.24) is 4.90 Å². The maximum Gasteiger partial charge on any atom is 0.242 e. The molecule has 0 saturated carbocycles. The van der Waals surface area contributed by atoms with E-state index < -0.39 is 5.25 Å². The standard InChI is InChI=1S/C20H17ClFN3O2S/c1-2-11-25-19(27)17(12-18(26)23-15-7-3-13(21)4-8-15)28-20(25)24-16-9-5-14(22)6-10-16/h2-10,17H,1,11-12H2,(H,23,26). The number of nitrogens with one attached hydrogen (secondary N) is 1. The fraction of sp³-hybridized carbons (Fsp3) is 0.150. The van der Waals surface area contributed by atoms with E-state index in [2.05, 4.69) is 16.9 Å². The number of nitrogens with zero attached hydrogens (tertiary/aromatic N) is 2. The lowest BCUT2D eigenvalue weighted by molar-refractivity contribution is -0.127. The van der Waals surface area contributed by atoms with Crippen molar-refractivity contribution >= 4 is 51.7 Å². The molecule has 0 aromatic heterocycles. The fourth-order valence-corrected chi connectivity index (χ4v) is 3.85. The van der Waals surface area contributed by atoms with Gasteiger partial charge in [0.15, 0.2) is 5.17 Å². The summed E-state index contributed by atoms with van der Waals surface area (Å²) in [4.78, 5) is 30.9. The van der Waals surface area contributed by atoms with E-state index in [1.165, 1.54) is 40.9 Å². The molecule has 2 amide bonds. The lowest BCUT2D eigenvalue weighted by Gasteiger charge is -2.13. The Kier molecular flexibility index (Phi) is 6.49. The molecule has 1 saturated heterocycles. The number of halogens is 2. The highest BCUT2D eigenvalue weighted by molar-refractivity contribution is 8.15. The van der Waals surface area contributed by atoms with Gasteiger partial charge in [0.25, 0.3) is 0 Å². The quantitative estimate of drug-likeness (QED) is 0.697. The molecule has 5 nitrogen and oxygen atoms in total. The van der Waals surface area contributed by atoms with Crippen molar-refractivity contribution in [1.29, 1.82) is 0 Å². The van der Waals surface area contributed by atoms with Crippen molar-refractivity contribution in [3.63, 3.8) is 0 Å². The molecule has 1 fully saturated rings. The molecule has 1 aliphatic rings. The van der Waals surface area contributed by atoms with Gasteiger partial charge in [-0.1, -0.05) is 29.4 Å². The smallest absolute Gasteiger partial charge is 0.242 e. The Bertz CT molecular complexity index is 916. The molecule has 0 radical (unpaired) electrons. The van der Waals surface area contributed by atoms with Gasteiger partial charge in [-0.15, -0.1) is 6.58 Å². The Morgan fingerprint density at radius 3 is 2.57 bits per heavy atom. The maximum atomic E-state index is 13.1. The minimum Gasteiger partial charge on any atom is -0.326 e. The summed E-state index contributed by atoms with van der Waals surface area (Å²) in [5.74, 6) is -0.856. The van der Waals surface area contributed by atoms with Crippen molar-refractivity contribution in [3.05, 3.63) is 72.0 Å². The fourth-order valence-electron chi connectivity index (χ4n) is 2.56. The molecule has 0 bridgehead atoms. The van der Waals surface area contributed by atoms with Gasteiger partial charge in [-0.2, -0.15) is 0 Å². The van der Waals surface area contributed by atoms with E-state index in [0.717, 1.165) is 0 Å². The lowest BCUT2D eigenvalue weighted by Crippen LogP contribution is -2.33. The molecule has 8 heteroatoms. The Morgan fingerprint density at radius 2 is 1.93 bits per heavy atom. The first kappa shape index (κ1) is 20.1. The predicted molar refractivity (Wildman–Crippen MR) is 111 cm³/mol. The van der Waals surface area contributed by atoms with Gasteiger partial charge in [0.2, 0.25) is 11.8 Å². The van der Waals surface area contributed by atoms with Gasteiger partial charge in [-0.3, -0.25) is 14.5 Å². The van der Waals surface area contributed by atoms with Crippen LogP contribution in [0.15, 0.2) is 66.2 Å². The average molecular weight is 418 g/mol. The second-order valence-corrected chi connectivity index (χ2v) is 7.58. The van der Waals surface area contributed by atoms with Crippen LogP contribution in [0.3, 0.4) is 0 Å². The second kappa shape index (κ2) is 9.03. The molecule has 1 N–H and O–H groups in total. The van der Waals surface area contributed by atoms with Gasteiger partial charge in [-0.25, -0.2) is 9.38 Å². The Morgan fingerprint density at radius 1 is 1.25 bits per heavy atom. The first-order valence-corrected chi connectivity index (χ1v) is 9.70. The van der Waals surface area contributed by atoms with Crippen molar-refractivity contribution in [2.45, 2.75) is 11.7 Å². The number of anilines is 1. The van der Waals surface area contributed by atoms with E-state index in [0.29, 0.717) is 21.6 Å². The zero-order chi connectivity index (χ0) is 20.1. The van der Waals surface area contributed by atoms with Crippen molar-refractivity contribution in [2.24, 2.45) is 4.99 Å². The highest BCUT2D eigenvalue weighted by atomic mass is 35.5. The first-order chi connectivity index (χ1) is 13.5. The van der Waals surface area contributed by atoms with E-state index in [9.17, 15) is 14.0 Å². The van der Waals surface area contributed by atoms with E-state index in [1.807, 2.05) is 0 Å². The molecule has 1 atom stereocenters. The molecule has 1 heterocycles. The Balaban J connectivity index is 1.72. The number of hydrogen-bond acceptors (Lipinski definition) is 4. The molecule has 3 rings (SSSR count). The average Bonchev–Trinajstić information content (AvgIpc) is 2.94. The summed E-state index contributed by atoms with van der Waals surface area (Å²) in [6.45, 7) is 3.94. The number of hydrogen-bond donors (Lipinski definition) is 1. The molecule has 1 unspecified atom stereocenters.